The topological polar surface area (TPSA) is 26.0 Å². The molecule has 1 nitrogen and oxygen atoms in total. The molecule has 0 aliphatic rings. The zero-order chi connectivity index (χ0) is 8.91. The number of hydrogen-bond acceptors (Lipinski definition) is 1. The van der Waals surface area contributed by atoms with Crippen LogP contribution in [-0.2, 0) is 0 Å². The molecule has 64 valence electrons. The zero-order valence-corrected chi connectivity index (χ0v) is 7.80. The maximum absolute atomic E-state index is 5.93. The first-order chi connectivity index (χ1) is 5.02. The summed E-state index contributed by atoms with van der Waals surface area (Å²) >= 11 is 0. The lowest BCUT2D eigenvalue weighted by molar-refractivity contribution is 0.386. The highest BCUT2D eigenvalue weighted by Gasteiger charge is 2.20. The predicted octanol–water partition coefficient (Wildman–Crippen LogP) is 2.49. The molecular weight excluding hydrogens is 134 g/mol. The van der Waals surface area contributed by atoms with Crippen molar-refractivity contribution in [1.29, 1.82) is 0 Å². The third kappa shape index (κ3) is 3.99. The standard InChI is InChI=1S/C10H19N/c1-5-7-8-9(6-2)10(3,4)11/h5-7,9H,2,8,11H2,1,3-4H3/b7-5-. The summed E-state index contributed by atoms with van der Waals surface area (Å²) in [5.74, 6) is 0.374. The largest absolute Gasteiger partial charge is 0.325 e. The lowest BCUT2D eigenvalue weighted by atomic mass is 9.86. The van der Waals surface area contributed by atoms with Gasteiger partial charge in [0, 0.05) is 5.54 Å². The molecule has 0 aromatic carbocycles. The Kier molecular flexibility index (Phi) is 4.12. The first kappa shape index (κ1) is 10.4. The van der Waals surface area contributed by atoms with E-state index in [9.17, 15) is 0 Å². The molecule has 0 aromatic heterocycles. The highest BCUT2D eigenvalue weighted by Crippen LogP contribution is 2.18. The summed E-state index contributed by atoms with van der Waals surface area (Å²) in [6.45, 7) is 9.85. The van der Waals surface area contributed by atoms with Gasteiger partial charge in [-0.3, -0.25) is 0 Å². The molecule has 2 N–H and O–H groups in total. The molecule has 0 saturated carbocycles. The van der Waals surface area contributed by atoms with Gasteiger partial charge in [-0.15, -0.1) is 6.58 Å². The van der Waals surface area contributed by atoms with Crippen LogP contribution in [0, 0.1) is 5.92 Å². The van der Waals surface area contributed by atoms with Crippen molar-refractivity contribution >= 4 is 0 Å². The van der Waals surface area contributed by atoms with E-state index in [2.05, 4.69) is 12.7 Å². The van der Waals surface area contributed by atoms with Crippen molar-refractivity contribution in [2.24, 2.45) is 11.7 Å². The maximum Gasteiger partial charge on any atom is 0.0163 e. The van der Waals surface area contributed by atoms with Gasteiger partial charge in [0.15, 0.2) is 0 Å². The molecule has 1 unspecified atom stereocenters. The van der Waals surface area contributed by atoms with Gasteiger partial charge in [0.2, 0.25) is 0 Å². The minimum Gasteiger partial charge on any atom is -0.325 e. The number of rotatable bonds is 4. The third-order valence-electron chi connectivity index (χ3n) is 1.87. The van der Waals surface area contributed by atoms with Crippen LogP contribution in [0.3, 0.4) is 0 Å². The molecule has 0 fully saturated rings. The van der Waals surface area contributed by atoms with E-state index in [0.717, 1.165) is 6.42 Å². The minimum atomic E-state index is -0.152. The van der Waals surface area contributed by atoms with E-state index in [1.54, 1.807) is 0 Å². The van der Waals surface area contributed by atoms with E-state index in [-0.39, 0.29) is 5.54 Å². The van der Waals surface area contributed by atoms with E-state index >= 15 is 0 Å². The van der Waals surface area contributed by atoms with Crippen LogP contribution >= 0.6 is 0 Å². The van der Waals surface area contributed by atoms with E-state index in [1.165, 1.54) is 0 Å². The predicted molar refractivity (Wildman–Crippen MR) is 51.4 cm³/mol. The Bertz CT molecular complexity index is 139. The summed E-state index contributed by atoms with van der Waals surface area (Å²) in [7, 11) is 0. The SMILES string of the molecule is C=CC(C/C=C\C)C(C)(C)N. The molecular formula is C10H19N. The fourth-order valence-electron chi connectivity index (χ4n) is 0.986. The second-order valence-electron chi connectivity index (χ2n) is 3.47. The van der Waals surface area contributed by atoms with Crippen LogP contribution < -0.4 is 5.73 Å². The first-order valence-electron chi connectivity index (χ1n) is 4.05. The van der Waals surface area contributed by atoms with Crippen LogP contribution in [-0.4, -0.2) is 5.54 Å². The Hall–Kier alpha value is -0.560. The van der Waals surface area contributed by atoms with Crippen molar-refractivity contribution < 1.29 is 0 Å². The third-order valence-corrected chi connectivity index (χ3v) is 1.87. The summed E-state index contributed by atoms with van der Waals surface area (Å²) in [5.41, 5.74) is 5.77. The summed E-state index contributed by atoms with van der Waals surface area (Å²) in [6.07, 6.45) is 7.09. The summed E-state index contributed by atoms with van der Waals surface area (Å²) < 4.78 is 0. The molecule has 0 heterocycles. The van der Waals surface area contributed by atoms with E-state index in [0.29, 0.717) is 5.92 Å². The molecule has 0 aromatic rings. The highest BCUT2D eigenvalue weighted by atomic mass is 14.7. The number of nitrogens with two attached hydrogens (primary N) is 1. The fraction of sp³-hybridized carbons (Fsp3) is 0.600. The average molecular weight is 153 g/mol. The van der Waals surface area contributed by atoms with Crippen molar-refractivity contribution in [3.05, 3.63) is 24.8 Å². The van der Waals surface area contributed by atoms with E-state index in [4.69, 9.17) is 5.73 Å². The summed E-state index contributed by atoms with van der Waals surface area (Å²) in [5, 5.41) is 0. The Morgan fingerprint density at radius 2 is 2.09 bits per heavy atom. The Morgan fingerprint density at radius 1 is 1.55 bits per heavy atom. The van der Waals surface area contributed by atoms with Crippen molar-refractivity contribution in [3.63, 3.8) is 0 Å². The van der Waals surface area contributed by atoms with Crippen molar-refractivity contribution in [3.8, 4) is 0 Å². The van der Waals surface area contributed by atoms with Gasteiger partial charge in [-0.2, -0.15) is 0 Å². The van der Waals surface area contributed by atoms with Gasteiger partial charge in [0.05, 0.1) is 0 Å². The van der Waals surface area contributed by atoms with Gasteiger partial charge >= 0.3 is 0 Å². The summed E-state index contributed by atoms with van der Waals surface area (Å²) in [6, 6.07) is 0. The molecule has 0 radical (unpaired) electrons. The normalized spacial score (nSPS) is 15.3. The molecule has 11 heavy (non-hydrogen) atoms. The smallest absolute Gasteiger partial charge is 0.0163 e. The van der Waals surface area contributed by atoms with Gasteiger partial charge < -0.3 is 5.73 Å². The molecule has 0 rings (SSSR count). The van der Waals surface area contributed by atoms with Crippen molar-refractivity contribution in [2.75, 3.05) is 0 Å². The molecule has 0 amide bonds. The van der Waals surface area contributed by atoms with Crippen LogP contribution in [0.25, 0.3) is 0 Å². The van der Waals surface area contributed by atoms with Crippen LogP contribution in [0.1, 0.15) is 27.2 Å². The van der Waals surface area contributed by atoms with Crippen LogP contribution in [0.5, 0.6) is 0 Å². The molecule has 0 aliphatic heterocycles. The fourth-order valence-corrected chi connectivity index (χ4v) is 0.986. The molecule has 0 saturated heterocycles. The molecule has 1 atom stereocenters. The minimum absolute atomic E-state index is 0.152. The Labute approximate surface area is 70.0 Å². The van der Waals surface area contributed by atoms with Gasteiger partial charge in [-0.25, -0.2) is 0 Å². The van der Waals surface area contributed by atoms with Crippen LogP contribution in [0.4, 0.5) is 0 Å². The molecule has 1 heteroatoms. The maximum atomic E-state index is 5.93. The highest BCUT2D eigenvalue weighted by molar-refractivity contribution is 4.98. The Morgan fingerprint density at radius 3 is 2.36 bits per heavy atom. The average Bonchev–Trinajstić information content (AvgIpc) is 1.87. The lowest BCUT2D eigenvalue weighted by Crippen LogP contribution is -2.39. The van der Waals surface area contributed by atoms with Gasteiger partial charge in [-0.1, -0.05) is 18.2 Å². The Balaban J connectivity index is 4.06. The van der Waals surface area contributed by atoms with Gasteiger partial charge in [0.1, 0.15) is 0 Å². The van der Waals surface area contributed by atoms with Crippen LogP contribution in [0.2, 0.25) is 0 Å². The quantitative estimate of drug-likeness (QED) is 0.617. The van der Waals surface area contributed by atoms with Gasteiger partial charge in [-0.05, 0) is 33.1 Å². The van der Waals surface area contributed by atoms with Crippen molar-refractivity contribution in [1.82, 2.24) is 0 Å². The molecule has 0 aliphatic carbocycles. The number of allylic oxidation sites excluding steroid dienone is 2. The zero-order valence-electron chi connectivity index (χ0n) is 7.80. The van der Waals surface area contributed by atoms with Crippen LogP contribution in [0.15, 0.2) is 24.8 Å². The molecule has 0 bridgehead atoms. The monoisotopic (exact) mass is 153 g/mol. The second-order valence-corrected chi connectivity index (χ2v) is 3.47. The summed E-state index contributed by atoms with van der Waals surface area (Å²) in [4.78, 5) is 0. The van der Waals surface area contributed by atoms with Crippen molar-refractivity contribution in [2.45, 2.75) is 32.7 Å². The molecule has 0 spiro atoms. The van der Waals surface area contributed by atoms with E-state index in [1.807, 2.05) is 32.9 Å². The number of hydrogen-bond donors (Lipinski definition) is 1. The first-order valence-corrected chi connectivity index (χ1v) is 4.05. The second kappa shape index (κ2) is 4.35. The lowest BCUT2D eigenvalue weighted by Gasteiger charge is -2.26. The van der Waals surface area contributed by atoms with Gasteiger partial charge in [0.25, 0.3) is 0 Å². The van der Waals surface area contributed by atoms with E-state index < -0.39 is 0 Å².